The molecular weight excluding hydrogens is 351 g/mol. The van der Waals surface area contributed by atoms with E-state index in [1.165, 1.54) is 0 Å². The molecule has 5 heteroatoms. The van der Waals surface area contributed by atoms with E-state index < -0.39 is 0 Å². The minimum atomic E-state index is 0.0174. The summed E-state index contributed by atoms with van der Waals surface area (Å²) in [6.45, 7) is 2.72. The molecule has 1 amide bonds. The molecule has 0 spiro atoms. The number of hydrogen-bond acceptors (Lipinski definition) is 2. The third-order valence-electron chi connectivity index (χ3n) is 3.24. The lowest BCUT2D eigenvalue weighted by Crippen LogP contribution is -2.40. The number of hydrogen-bond donors (Lipinski definition) is 1. The third-order valence-corrected chi connectivity index (χ3v) is 4.81. The number of nitrogens with zero attached hydrogens (tertiary/aromatic N) is 1. The molecule has 1 heterocycles. The molecule has 1 aromatic carbocycles. The minimum absolute atomic E-state index is 0.0174. The van der Waals surface area contributed by atoms with Crippen molar-refractivity contribution in [1.82, 2.24) is 4.90 Å². The molecule has 0 saturated carbocycles. The molecule has 2 N–H and O–H groups in total. The van der Waals surface area contributed by atoms with Crippen LogP contribution in [0.1, 0.15) is 23.7 Å². The first-order valence-corrected chi connectivity index (χ1v) is 6.98. The predicted molar refractivity (Wildman–Crippen MR) is 77.3 cm³/mol. The molecule has 2 rings (SSSR count). The molecule has 1 aliphatic heterocycles. The van der Waals surface area contributed by atoms with Gasteiger partial charge in [-0.3, -0.25) is 4.79 Å². The molecule has 1 fully saturated rings. The molecule has 92 valence electrons. The smallest absolute Gasteiger partial charge is 0.254 e. The minimum Gasteiger partial charge on any atom is -0.334 e. The number of nitrogens with two attached hydrogens (primary N) is 1. The maximum atomic E-state index is 12.3. The van der Waals surface area contributed by atoms with Gasteiger partial charge in [-0.25, -0.2) is 0 Å². The second kappa shape index (κ2) is 5.12. The summed E-state index contributed by atoms with van der Waals surface area (Å²) in [6.07, 6.45) is 0.866. The molecule has 1 aliphatic rings. The molecule has 0 aromatic heterocycles. The Labute approximate surface area is 119 Å². The summed E-state index contributed by atoms with van der Waals surface area (Å²) >= 11 is 8.17. The average molecular weight is 365 g/mol. The van der Waals surface area contributed by atoms with Crippen molar-refractivity contribution >= 4 is 40.1 Å². The highest BCUT2D eigenvalue weighted by molar-refractivity contribution is 14.1. The summed E-state index contributed by atoms with van der Waals surface area (Å²) < 4.78 is 0.951. The fourth-order valence-corrected chi connectivity index (χ4v) is 2.56. The van der Waals surface area contributed by atoms with E-state index in [-0.39, 0.29) is 18.0 Å². The first kappa shape index (κ1) is 13.1. The zero-order valence-corrected chi connectivity index (χ0v) is 12.4. The standard InChI is InChI=1S/C12H14ClIN2O/c1-7-11(15)4-5-16(7)12(17)8-2-3-10(14)9(13)6-8/h2-3,6-7,11H,4-5,15H2,1H3. The Balaban J connectivity index is 2.22. The van der Waals surface area contributed by atoms with E-state index in [0.29, 0.717) is 10.6 Å². The molecular formula is C12H14ClIN2O. The number of rotatable bonds is 1. The van der Waals surface area contributed by atoms with E-state index in [0.717, 1.165) is 16.5 Å². The van der Waals surface area contributed by atoms with Crippen LogP contribution in [0.25, 0.3) is 0 Å². The van der Waals surface area contributed by atoms with Crippen LogP contribution in [0.5, 0.6) is 0 Å². The topological polar surface area (TPSA) is 46.3 Å². The van der Waals surface area contributed by atoms with E-state index in [4.69, 9.17) is 17.3 Å². The Morgan fingerprint density at radius 3 is 2.82 bits per heavy atom. The van der Waals surface area contributed by atoms with Crippen LogP contribution < -0.4 is 5.73 Å². The Kier molecular flexibility index (Phi) is 3.95. The zero-order valence-electron chi connectivity index (χ0n) is 9.49. The average Bonchev–Trinajstić information content (AvgIpc) is 2.63. The van der Waals surface area contributed by atoms with E-state index in [9.17, 15) is 4.79 Å². The van der Waals surface area contributed by atoms with Gasteiger partial charge in [0.1, 0.15) is 0 Å². The molecule has 2 unspecified atom stereocenters. The maximum Gasteiger partial charge on any atom is 0.254 e. The summed E-state index contributed by atoms with van der Waals surface area (Å²) in [7, 11) is 0. The number of benzene rings is 1. The summed E-state index contributed by atoms with van der Waals surface area (Å²) in [5.74, 6) is 0.0174. The fourth-order valence-electron chi connectivity index (χ4n) is 2.05. The van der Waals surface area contributed by atoms with Crippen molar-refractivity contribution in [3.8, 4) is 0 Å². The molecule has 0 aliphatic carbocycles. The van der Waals surface area contributed by atoms with Crippen molar-refractivity contribution in [2.24, 2.45) is 5.73 Å². The van der Waals surface area contributed by atoms with Gasteiger partial charge in [0.05, 0.1) is 5.02 Å². The lowest BCUT2D eigenvalue weighted by atomic mass is 10.1. The van der Waals surface area contributed by atoms with Crippen LogP contribution in [0, 0.1) is 3.57 Å². The van der Waals surface area contributed by atoms with Gasteiger partial charge in [0.15, 0.2) is 0 Å². The van der Waals surface area contributed by atoms with Crippen LogP contribution in [-0.4, -0.2) is 29.4 Å². The van der Waals surface area contributed by atoms with E-state index in [2.05, 4.69) is 22.6 Å². The number of carbonyl (C=O) groups excluding carboxylic acids is 1. The van der Waals surface area contributed by atoms with Gasteiger partial charge in [0, 0.05) is 27.8 Å². The predicted octanol–water partition coefficient (Wildman–Crippen LogP) is 2.51. The van der Waals surface area contributed by atoms with Crippen LogP contribution in [0.4, 0.5) is 0 Å². The van der Waals surface area contributed by atoms with Gasteiger partial charge in [-0.1, -0.05) is 11.6 Å². The van der Waals surface area contributed by atoms with E-state index in [1.807, 2.05) is 24.0 Å². The third kappa shape index (κ3) is 2.58. The number of likely N-dealkylation sites (tertiary alicyclic amines) is 1. The van der Waals surface area contributed by atoms with Crippen LogP contribution in [0.2, 0.25) is 5.02 Å². The van der Waals surface area contributed by atoms with Crippen molar-refractivity contribution in [3.05, 3.63) is 32.4 Å². The van der Waals surface area contributed by atoms with Crippen LogP contribution in [0.15, 0.2) is 18.2 Å². The van der Waals surface area contributed by atoms with Gasteiger partial charge >= 0.3 is 0 Å². The van der Waals surface area contributed by atoms with Crippen molar-refractivity contribution in [1.29, 1.82) is 0 Å². The van der Waals surface area contributed by atoms with Crippen LogP contribution >= 0.6 is 34.2 Å². The van der Waals surface area contributed by atoms with Crippen LogP contribution in [0.3, 0.4) is 0 Å². The number of carbonyl (C=O) groups is 1. The van der Waals surface area contributed by atoms with Gasteiger partial charge in [0.2, 0.25) is 0 Å². The molecule has 1 aromatic rings. The summed E-state index contributed by atoms with van der Waals surface area (Å²) in [5, 5.41) is 0.618. The Morgan fingerprint density at radius 2 is 2.29 bits per heavy atom. The Bertz CT molecular complexity index is 452. The normalized spacial score (nSPS) is 24.1. The molecule has 1 saturated heterocycles. The summed E-state index contributed by atoms with van der Waals surface area (Å²) in [5.41, 5.74) is 6.55. The zero-order chi connectivity index (χ0) is 12.6. The van der Waals surface area contributed by atoms with Gasteiger partial charge in [-0.2, -0.15) is 0 Å². The SMILES string of the molecule is CC1C(N)CCN1C(=O)c1ccc(I)c(Cl)c1. The highest BCUT2D eigenvalue weighted by Crippen LogP contribution is 2.23. The fraction of sp³-hybridized carbons (Fsp3) is 0.417. The highest BCUT2D eigenvalue weighted by atomic mass is 127. The quantitative estimate of drug-likeness (QED) is 0.778. The molecule has 0 bridgehead atoms. The van der Waals surface area contributed by atoms with Gasteiger partial charge in [-0.15, -0.1) is 0 Å². The number of amides is 1. The highest BCUT2D eigenvalue weighted by Gasteiger charge is 2.31. The lowest BCUT2D eigenvalue weighted by Gasteiger charge is -2.23. The number of halogens is 2. The molecule has 3 nitrogen and oxygen atoms in total. The van der Waals surface area contributed by atoms with E-state index >= 15 is 0 Å². The molecule has 2 atom stereocenters. The first-order valence-electron chi connectivity index (χ1n) is 5.52. The monoisotopic (exact) mass is 364 g/mol. The summed E-state index contributed by atoms with van der Waals surface area (Å²) in [4.78, 5) is 14.1. The largest absolute Gasteiger partial charge is 0.334 e. The molecule has 0 radical (unpaired) electrons. The van der Waals surface area contributed by atoms with Gasteiger partial charge < -0.3 is 10.6 Å². The second-order valence-electron chi connectivity index (χ2n) is 4.32. The van der Waals surface area contributed by atoms with Crippen molar-refractivity contribution in [2.75, 3.05) is 6.54 Å². The van der Waals surface area contributed by atoms with Crippen LogP contribution in [-0.2, 0) is 0 Å². The maximum absolute atomic E-state index is 12.3. The Hall–Kier alpha value is -0.330. The summed E-state index contributed by atoms with van der Waals surface area (Å²) in [6, 6.07) is 5.57. The van der Waals surface area contributed by atoms with Gasteiger partial charge in [0.25, 0.3) is 5.91 Å². The second-order valence-corrected chi connectivity index (χ2v) is 5.89. The molecule has 17 heavy (non-hydrogen) atoms. The van der Waals surface area contributed by atoms with Gasteiger partial charge in [-0.05, 0) is 54.1 Å². The lowest BCUT2D eigenvalue weighted by molar-refractivity contribution is 0.0742. The first-order chi connectivity index (χ1) is 8.00. The Morgan fingerprint density at radius 1 is 1.59 bits per heavy atom. The van der Waals surface area contributed by atoms with E-state index in [1.54, 1.807) is 6.07 Å². The van der Waals surface area contributed by atoms with Crippen molar-refractivity contribution in [3.63, 3.8) is 0 Å². The van der Waals surface area contributed by atoms with Crippen molar-refractivity contribution in [2.45, 2.75) is 25.4 Å². The van der Waals surface area contributed by atoms with Crippen molar-refractivity contribution < 1.29 is 4.79 Å².